The molecular weight excluding hydrogens is 488 g/mol. The van der Waals surface area contributed by atoms with Gasteiger partial charge in [-0.2, -0.15) is 0 Å². The molecule has 1 heterocycles. The monoisotopic (exact) mass is 526 g/mol. The fourth-order valence-corrected chi connectivity index (χ4v) is 4.78. The molecule has 1 atom stereocenters. The van der Waals surface area contributed by atoms with Crippen molar-refractivity contribution in [3.63, 3.8) is 0 Å². The Morgan fingerprint density at radius 2 is 1.69 bits per heavy atom. The van der Waals surface area contributed by atoms with Crippen molar-refractivity contribution in [2.24, 2.45) is 5.92 Å². The minimum atomic E-state index is -0.458. The lowest BCUT2D eigenvalue weighted by molar-refractivity contribution is 0.176. The zero-order valence-electron chi connectivity index (χ0n) is 23.5. The number of nitrogens with zero attached hydrogens (tertiary/aromatic N) is 3. The number of aromatic nitrogens is 2. The van der Waals surface area contributed by atoms with Crippen LogP contribution in [0.25, 0.3) is 16.6 Å². The molecule has 204 valence electrons. The van der Waals surface area contributed by atoms with Crippen LogP contribution >= 0.6 is 0 Å². The van der Waals surface area contributed by atoms with Crippen molar-refractivity contribution in [2.75, 3.05) is 19.0 Å². The van der Waals surface area contributed by atoms with Gasteiger partial charge in [-0.15, -0.1) is 0 Å². The van der Waals surface area contributed by atoms with E-state index in [2.05, 4.69) is 26.1 Å². The van der Waals surface area contributed by atoms with E-state index in [4.69, 9.17) is 9.72 Å². The molecule has 3 aromatic carbocycles. The number of nitrogens with one attached hydrogen (secondary N) is 1. The number of methoxy groups -OCH3 is 1. The SMILES string of the molecule is CCc1ccc(NC(=O)N(CCC(C)C)C(CC)c2nc3ccccc3c(=O)n2-c2ccccc2OC)cc1. The Morgan fingerprint density at radius 1 is 1.00 bits per heavy atom. The Bertz CT molecular complexity index is 1480. The fourth-order valence-electron chi connectivity index (χ4n) is 4.78. The third-order valence-electron chi connectivity index (χ3n) is 7.01. The summed E-state index contributed by atoms with van der Waals surface area (Å²) in [4.78, 5) is 34.7. The number of urea groups is 1. The molecule has 1 unspecified atom stereocenters. The highest BCUT2D eigenvalue weighted by molar-refractivity contribution is 5.89. The predicted molar refractivity (Wildman–Crippen MR) is 158 cm³/mol. The maximum Gasteiger partial charge on any atom is 0.322 e. The van der Waals surface area contributed by atoms with Crippen LogP contribution in [-0.4, -0.2) is 34.1 Å². The first-order chi connectivity index (χ1) is 18.9. The Labute approximate surface area is 230 Å². The largest absolute Gasteiger partial charge is 0.495 e. The van der Waals surface area contributed by atoms with E-state index < -0.39 is 6.04 Å². The molecule has 2 amide bonds. The number of carbonyl (C=O) groups excluding carboxylic acids is 1. The van der Waals surface area contributed by atoms with E-state index in [1.165, 1.54) is 5.56 Å². The van der Waals surface area contributed by atoms with E-state index in [1.54, 1.807) is 17.7 Å². The Hall–Kier alpha value is -4.13. The van der Waals surface area contributed by atoms with Gasteiger partial charge in [0.2, 0.25) is 0 Å². The molecule has 4 rings (SSSR count). The molecular formula is C32H38N4O3. The quantitative estimate of drug-likeness (QED) is 0.242. The van der Waals surface area contributed by atoms with Gasteiger partial charge in [-0.3, -0.25) is 9.36 Å². The molecule has 7 nitrogen and oxygen atoms in total. The molecule has 0 aliphatic heterocycles. The van der Waals surface area contributed by atoms with Crippen molar-refractivity contribution < 1.29 is 9.53 Å². The topological polar surface area (TPSA) is 76.5 Å². The second-order valence-corrected chi connectivity index (χ2v) is 10.1. The average Bonchev–Trinajstić information content (AvgIpc) is 2.95. The average molecular weight is 527 g/mol. The highest BCUT2D eigenvalue weighted by Crippen LogP contribution is 2.30. The van der Waals surface area contributed by atoms with Crippen LogP contribution in [0.2, 0.25) is 0 Å². The minimum absolute atomic E-state index is 0.196. The molecule has 1 N–H and O–H groups in total. The summed E-state index contributed by atoms with van der Waals surface area (Å²) < 4.78 is 7.25. The number of fused-ring (bicyclic) bond motifs is 1. The van der Waals surface area contributed by atoms with Gasteiger partial charge in [0.15, 0.2) is 0 Å². The fraction of sp³-hybridized carbons (Fsp3) is 0.344. The minimum Gasteiger partial charge on any atom is -0.495 e. The van der Waals surface area contributed by atoms with Crippen LogP contribution in [0, 0.1) is 5.92 Å². The van der Waals surface area contributed by atoms with Crippen LogP contribution in [0.3, 0.4) is 0 Å². The number of amides is 2. The number of hydrogen-bond acceptors (Lipinski definition) is 4. The van der Waals surface area contributed by atoms with Gasteiger partial charge in [-0.1, -0.05) is 64.1 Å². The summed E-state index contributed by atoms with van der Waals surface area (Å²) in [7, 11) is 1.58. The van der Waals surface area contributed by atoms with E-state index in [9.17, 15) is 9.59 Å². The maximum atomic E-state index is 14.0. The summed E-state index contributed by atoms with van der Waals surface area (Å²) in [5, 5.41) is 3.59. The van der Waals surface area contributed by atoms with E-state index >= 15 is 0 Å². The molecule has 0 fully saturated rings. The predicted octanol–water partition coefficient (Wildman–Crippen LogP) is 6.99. The van der Waals surface area contributed by atoms with Crippen molar-refractivity contribution in [3.8, 4) is 11.4 Å². The lowest BCUT2D eigenvalue weighted by atomic mass is 10.1. The van der Waals surface area contributed by atoms with Gasteiger partial charge in [0.1, 0.15) is 11.6 Å². The number of carbonyl (C=O) groups is 1. The number of anilines is 1. The number of hydrogen-bond donors (Lipinski definition) is 1. The number of ether oxygens (including phenoxy) is 1. The summed E-state index contributed by atoms with van der Waals surface area (Å²) in [6.07, 6.45) is 2.31. The molecule has 0 aliphatic rings. The van der Waals surface area contributed by atoms with E-state index in [-0.39, 0.29) is 11.6 Å². The van der Waals surface area contributed by atoms with E-state index in [0.29, 0.717) is 47.0 Å². The molecule has 0 saturated carbocycles. The van der Waals surface area contributed by atoms with Gasteiger partial charge in [-0.25, -0.2) is 9.78 Å². The van der Waals surface area contributed by atoms with Crippen molar-refractivity contribution >= 4 is 22.6 Å². The maximum absolute atomic E-state index is 14.0. The second-order valence-electron chi connectivity index (χ2n) is 10.1. The molecule has 7 heteroatoms. The lowest BCUT2D eigenvalue weighted by Crippen LogP contribution is -2.41. The Kier molecular flexibility index (Phi) is 9.02. The molecule has 0 aliphatic carbocycles. The first-order valence-corrected chi connectivity index (χ1v) is 13.7. The summed E-state index contributed by atoms with van der Waals surface area (Å²) in [5.41, 5.74) is 2.93. The Balaban J connectivity index is 1.87. The van der Waals surface area contributed by atoms with Crippen molar-refractivity contribution in [3.05, 3.63) is 94.5 Å². The molecule has 0 spiro atoms. The van der Waals surface area contributed by atoms with Crippen LogP contribution in [-0.2, 0) is 6.42 Å². The van der Waals surface area contributed by atoms with Gasteiger partial charge in [0.05, 0.1) is 29.7 Å². The van der Waals surface area contributed by atoms with Crippen LogP contribution < -0.4 is 15.6 Å². The molecule has 1 aromatic heterocycles. The van der Waals surface area contributed by atoms with Crippen LogP contribution in [0.4, 0.5) is 10.5 Å². The van der Waals surface area contributed by atoms with Crippen LogP contribution in [0.5, 0.6) is 5.75 Å². The Morgan fingerprint density at radius 3 is 2.36 bits per heavy atom. The van der Waals surface area contributed by atoms with Gasteiger partial charge < -0.3 is 15.0 Å². The summed E-state index contributed by atoms with van der Waals surface area (Å²) >= 11 is 0. The van der Waals surface area contributed by atoms with Crippen LogP contribution in [0.15, 0.2) is 77.6 Å². The summed E-state index contributed by atoms with van der Waals surface area (Å²) in [6, 6.07) is 22.0. The number of rotatable bonds is 10. The summed E-state index contributed by atoms with van der Waals surface area (Å²) in [5.74, 6) is 1.45. The van der Waals surface area contributed by atoms with Gasteiger partial charge in [0, 0.05) is 12.2 Å². The second kappa shape index (κ2) is 12.6. The van der Waals surface area contributed by atoms with E-state index in [0.717, 1.165) is 18.5 Å². The third-order valence-corrected chi connectivity index (χ3v) is 7.01. The number of para-hydroxylation sites is 3. The first-order valence-electron chi connectivity index (χ1n) is 13.7. The normalized spacial score (nSPS) is 11.9. The first kappa shape index (κ1) is 27.9. The van der Waals surface area contributed by atoms with Crippen molar-refractivity contribution in [2.45, 2.75) is 53.0 Å². The highest BCUT2D eigenvalue weighted by atomic mass is 16.5. The smallest absolute Gasteiger partial charge is 0.322 e. The molecule has 0 bridgehead atoms. The van der Waals surface area contributed by atoms with Crippen molar-refractivity contribution in [1.29, 1.82) is 0 Å². The number of aryl methyl sites for hydroxylation is 1. The summed E-state index contributed by atoms with van der Waals surface area (Å²) in [6.45, 7) is 8.91. The molecule has 0 saturated heterocycles. The highest BCUT2D eigenvalue weighted by Gasteiger charge is 2.30. The number of benzene rings is 3. The van der Waals surface area contributed by atoms with Gasteiger partial charge in [0.25, 0.3) is 5.56 Å². The lowest BCUT2D eigenvalue weighted by Gasteiger charge is -2.33. The van der Waals surface area contributed by atoms with E-state index in [1.807, 2.05) is 78.6 Å². The zero-order valence-corrected chi connectivity index (χ0v) is 23.5. The zero-order chi connectivity index (χ0) is 27.9. The molecule has 39 heavy (non-hydrogen) atoms. The van der Waals surface area contributed by atoms with Gasteiger partial charge >= 0.3 is 6.03 Å². The van der Waals surface area contributed by atoms with Crippen LogP contribution in [0.1, 0.15) is 58.0 Å². The van der Waals surface area contributed by atoms with Crippen molar-refractivity contribution in [1.82, 2.24) is 14.5 Å². The standard InChI is InChI=1S/C32H38N4O3/c1-6-23-16-18-24(19-17-23)33-32(38)35(21-20-22(3)4)27(7-2)30-34-26-13-9-8-12-25(26)31(37)36(30)28-14-10-11-15-29(28)39-5/h8-19,22,27H,6-7,20-21H2,1-5H3,(H,33,38). The molecule has 4 aromatic rings. The third kappa shape index (κ3) is 6.14. The molecule has 0 radical (unpaired) electrons. The van der Waals surface area contributed by atoms with Gasteiger partial charge in [-0.05, 0) is 67.1 Å².